The van der Waals surface area contributed by atoms with Gasteiger partial charge in [-0.25, -0.2) is 4.98 Å². The van der Waals surface area contributed by atoms with Crippen LogP contribution in [0.4, 0.5) is 5.95 Å². The summed E-state index contributed by atoms with van der Waals surface area (Å²) in [5, 5.41) is 11.4. The average molecular weight is 168 g/mol. The molecule has 0 spiro atoms. The average Bonchev–Trinajstić information content (AvgIpc) is 1.99. The van der Waals surface area contributed by atoms with Crippen LogP contribution in [0, 0.1) is 13.8 Å². The molecule has 0 fully saturated rings. The summed E-state index contributed by atoms with van der Waals surface area (Å²) < 4.78 is 0. The fourth-order valence-electron chi connectivity index (χ4n) is 0.862. The molecule has 1 rings (SSSR count). The highest BCUT2D eigenvalue weighted by molar-refractivity contribution is 5.23. The van der Waals surface area contributed by atoms with Crippen LogP contribution in [0.2, 0.25) is 0 Å². The van der Waals surface area contributed by atoms with Crippen LogP contribution in [0.15, 0.2) is 0 Å². The van der Waals surface area contributed by atoms with Gasteiger partial charge in [0.2, 0.25) is 5.95 Å². The molecule has 5 nitrogen and oxygen atoms in total. The van der Waals surface area contributed by atoms with Crippen molar-refractivity contribution in [3.8, 4) is 0 Å². The minimum atomic E-state index is 0.0732. The molecule has 0 aliphatic heterocycles. The molecule has 0 radical (unpaired) electrons. The Bertz CT molecular complexity index is 243. The highest BCUT2D eigenvalue weighted by Crippen LogP contribution is 1.98. The Hall–Kier alpha value is -1.23. The predicted octanol–water partition coefficient (Wildman–Crippen LogP) is -0.107. The Balaban J connectivity index is 2.72. The SMILES string of the molecule is Cc1nc(C)nc(NCCO)n1. The van der Waals surface area contributed by atoms with Gasteiger partial charge < -0.3 is 10.4 Å². The molecule has 0 aromatic carbocycles. The van der Waals surface area contributed by atoms with Crippen molar-refractivity contribution >= 4 is 5.95 Å². The van der Waals surface area contributed by atoms with Gasteiger partial charge in [-0.15, -0.1) is 0 Å². The maximum absolute atomic E-state index is 8.53. The largest absolute Gasteiger partial charge is 0.395 e. The molecule has 12 heavy (non-hydrogen) atoms. The number of nitrogens with one attached hydrogen (secondary N) is 1. The normalized spacial score (nSPS) is 9.92. The second-order valence-electron chi connectivity index (χ2n) is 2.40. The lowest BCUT2D eigenvalue weighted by Gasteiger charge is -2.02. The molecule has 1 heterocycles. The van der Waals surface area contributed by atoms with Crippen LogP contribution in [-0.2, 0) is 0 Å². The van der Waals surface area contributed by atoms with Gasteiger partial charge in [0.25, 0.3) is 0 Å². The van der Waals surface area contributed by atoms with Crippen LogP contribution in [0.1, 0.15) is 11.6 Å². The van der Waals surface area contributed by atoms with Gasteiger partial charge in [0.05, 0.1) is 6.61 Å². The van der Waals surface area contributed by atoms with Crippen LogP contribution in [0.25, 0.3) is 0 Å². The van der Waals surface area contributed by atoms with E-state index in [1.165, 1.54) is 0 Å². The van der Waals surface area contributed by atoms with E-state index >= 15 is 0 Å². The molecule has 0 saturated heterocycles. The lowest BCUT2D eigenvalue weighted by Crippen LogP contribution is -2.10. The smallest absolute Gasteiger partial charge is 0.226 e. The molecule has 0 saturated carbocycles. The molecule has 0 bridgehead atoms. The van der Waals surface area contributed by atoms with Gasteiger partial charge in [0, 0.05) is 6.54 Å². The van der Waals surface area contributed by atoms with E-state index in [2.05, 4.69) is 20.3 Å². The monoisotopic (exact) mass is 168 g/mol. The van der Waals surface area contributed by atoms with E-state index in [4.69, 9.17) is 5.11 Å². The van der Waals surface area contributed by atoms with Crippen molar-refractivity contribution in [1.29, 1.82) is 0 Å². The molecule has 2 N–H and O–H groups in total. The molecule has 66 valence electrons. The van der Waals surface area contributed by atoms with E-state index in [0.29, 0.717) is 24.1 Å². The molecule has 1 aromatic rings. The van der Waals surface area contributed by atoms with Crippen molar-refractivity contribution in [2.24, 2.45) is 0 Å². The third-order valence-electron chi connectivity index (χ3n) is 1.25. The van der Waals surface area contributed by atoms with Crippen LogP contribution >= 0.6 is 0 Å². The highest BCUT2D eigenvalue weighted by Gasteiger charge is 1.97. The Morgan fingerprint density at radius 3 is 2.25 bits per heavy atom. The number of rotatable bonds is 3. The number of aromatic nitrogens is 3. The first-order valence-corrected chi connectivity index (χ1v) is 3.76. The fraction of sp³-hybridized carbons (Fsp3) is 0.571. The first-order chi connectivity index (χ1) is 5.72. The first kappa shape index (κ1) is 8.86. The second kappa shape index (κ2) is 3.96. The molecule has 0 amide bonds. The van der Waals surface area contributed by atoms with Crippen molar-refractivity contribution < 1.29 is 5.11 Å². The zero-order valence-corrected chi connectivity index (χ0v) is 7.20. The summed E-state index contributed by atoms with van der Waals surface area (Å²) in [4.78, 5) is 12.1. The molecule has 0 atom stereocenters. The number of aliphatic hydroxyl groups excluding tert-OH is 1. The molecule has 1 aromatic heterocycles. The highest BCUT2D eigenvalue weighted by atomic mass is 16.3. The van der Waals surface area contributed by atoms with Gasteiger partial charge in [-0.2, -0.15) is 9.97 Å². The van der Waals surface area contributed by atoms with Crippen molar-refractivity contribution in [2.75, 3.05) is 18.5 Å². The van der Waals surface area contributed by atoms with Crippen molar-refractivity contribution in [1.82, 2.24) is 15.0 Å². The molecular formula is C7H12N4O. The number of hydrogen-bond donors (Lipinski definition) is 2. The minimum Gasteiger partial charge on any atom is -0.395 e. The van der Waals surface area contributed by atoms with E-state index in [0.717, 1.165) is 0 Å². The summed E-state index contributed by atoms with van der Waals surface area (Å²) in [5.74, 6) is 1.89. The van der Waals surface area contributed by atoms with E-state index < -0.39 is 0 Å². The lowest BCUT2D eigenvalue weighted by atomic mass is 10.6. The van der Waals surface area contributed by atoms with E-state index in [1.54, 1.807) is 13.8 Å². The van der Waals surface area contributed by atoms with Crippen LogP contribution in [0.5, 0.6) is 0 Å². The van der Waals surface area contributed by atoms with Gasteiger partial charge in [-0.1, -0.05) is 0 Å². The van der Waals surface area contributed by atoms with Crippen molar-refractivity contribution in [3.63, 3.8) is 0 Å². The first-order valence-electron chi connectivity index (χ1n) is 3.76. The summed E-state index contributed by atoms with van der Waals surface area (Å²) in [7, 11) is 0. The van der Waals surface area contributed by atoms with E-state index in [9.17, 15) is 0 Å². The third kappa shape index (κ3) is 2.43. The Labute approximate surface area is 70.9 Å². The fourth-order valence-corrected chi connectivity index (χ4v) is 0.862. The third-order valence-corrected chi connectivity index (χ3v) is 1.25. The molecule has 0 unspecified atom stereocenters. The Kier molecular flexibility index (Phi) is 2.93. The van der Waals surface area contributed by atoms with Crippen molar-refractivity contribution in [2.45, 2.75) is 13.8 Å². The summed E-state index contributed by atoms with van der Waals surface area (Å²) in [6.07, 6.45) is 0. The number of aryl methyl sites for hydroxylation is 2. The number of nitrogens with zero attached hydrogens (tertiary/aromatic N) is 3. The summed E-state index contributed by atoms with van der Waals surface area (Å²) in [6, 6.07) is 0. The molecule has 0 aliphatic carbocycles. The van der Waals surface area contributed by atoms with Crippen LogP contribution < -0.4 is 5.32 Å². The molecule has 5 heteroatoms. The maximum atomic E-state index is 8.53. The number of aliphatic hydroxyl groups is 1. The van der Waals surface area contributed by atoms with Crippen molar-refractivity contribution in [3.05, 3.63) is 11.6 Å². The zero-order chi connectivity index (χ0) is 8.97. The van der Waals surface area contributed by atoms with Crippen LogP contribution in [0.3, 0.4) is 0 Å². The summed E-state index contributed by atoms with van der Waals surface area (Å²) in [6.45, 7) is 4.14. The van der Waals surface area contributed by atoms with Crippen LogP contribution in [-0.4, -0.2) is 33.2 Å². The topological polar surface area (TPSA) is 70.9 Å². The van der Waals surface area contributed by atoms with Gasteiger partial charge in [-0.3, -0.25) is 0 Å². The van der Waals surface area contributed by atoms with Gasteiger partial charge in [0.15, 0.2) is 0 Å². The van der Waals surface area contributed by atoms with Gasteiger partial charge in [-0.05, 0) is 13.8 Å². The van der Waals surface area contributed by atoms with Gasteiger partial charge in [0.1, 0.15) is 11.6 Å². The lowest BCUT2D eigenvalue weighted by molar-refractivity contribution is 0.310. The number of hydrogen-bond acceptors (Lipinski definition) is 5. The minimum absolute atomic E-state index is 0.0732. The Morgan fingerprint density at radius 1 is 1.17 bits per heavy atom. The quantitative estimate of drug-likeness (QED) is 0.659. The van der Waals surface area contributed by atoms with E-state index in [1.807, 2.05) is 0 Å². The predicted molar refractivity (Wildman–Crippen MR) is 44.9 cm³/mol. The second-order valence-corrected chi connectivity index (χ2v) is 2.40. The zero-order valence-electron chi connectivity index (χ0n) is 7.20. The summed E-state index contributed by atoms with van der Waals surface area (Å²) >= 11 is 0. The standard InChI is InChI=1S/C7H12N4O/c1-5-9-6(2)11-7(10-5)8-3-4-12/h12H,3-4H2,1-2H3,(H,8,9,10,11). The maximum Gasteiger partial charge on any atom is 0.226 e. The molecule has 0 aliphatic rings. The van der Waals surface area contributed by atoms with E-state index in [-0.39, 0.29) is 6.61 Å². The summed E-state index contributed by atoms with van der Waals surface area (Å²) in [5.41, 5.74) is 0. The number of anilines is 1. The van der Waals surface area contributed by atoms with Gasteiger partial charge >= 0.3 is 0 Å². The Morgan fingerprint density at radius 2 is 1.75 bits per heavy atom. The molecular weight excluding hydrogens is 156 g/mol.